The zero-order valence-electron chi connectivity index (χ0n) is 7.60. The maximum absolute atomic E-state index is 11.6. The molecule has 2 aromatic rings. The van der Waals surface area contributed by atoms with Crippen LogP contribution in [0.5, 0.6) is 0 Å². The van der Waals surface area contributed by atoms with E-state index in [1.807, 2.05) is 6.07 Å². The van der Waals surface area contributed by atoms with Crippen LogP contribution in [-0.2, 0) is 6.54 Å². The lowest BCUT2D eigenvalue weighted by Crippen LogP contribution is -2.16. The molecule has 0 aromatic carbocycles. The molecule has 0 saturated heterocycles. The molecule has 1 aliphatic rings. The van der Waals surface area contributed by atoms with Gasteiger partial charge < -0.3 is 4.57 Å². The van der Waals surface area contributed by atoms with E-state index in [0.717, 1.165) is 16.6 Å². The fourth-order valence-electron chi connectivity index (χ4n) is 2.08. The highest BCUT2D eigenvalue weighted by molar-refractivity contribution is 5.80. The Morgan fingerprint density at radius 2 is 2.29 bits per heavy atom. The Kier molecular flexibility index (Phi) is 1.35. The molecule has 3 rings (SSSR count). The summed E-state index contributed by atoms with van der Waals surface area (Å²) in [5, 5.41) is 0. The molecule has 3 heterocycles. The molecule has 0 bridgehead atoms. The minimum absolute atomic E-state index is 0.0397. The lowest BCUT2D eigenvalue weighted by molar-refractivity contribution is 0.682. The first-order valence-electron chi connectivity index (χ1n) is 4.59. The molecule has 14 heavy (non-hydrogen) atoms. The monoisotopic (exact) mass is 185 g/mol. The molecule has 69 valence electrons. The standard InChI is InChI=1S/C11H9N2O/c1-7-6-13-10(14)3-2-9-11(13)8(7)4-5-12-9/h2-5,7H,1,6H2/t7-/m1/s1. The molecule has 1 aliphatic heterocycles. The summed E-state index contributed by atoms with van der Waals surface area (Å²) in [5.41, 5.74) is 3.01. The molecule has 0 aliphatic carbocycles. The van der Waals surface area contributed by atoms with Crippen LogP contribution in [0.15, 0.2) is 29.2 Å². The van der Waals surface area contributed by atoms with E-state index < -0.39 is 0 Å². The molecule has 0 spiro atoms. The number of pyridine rings is 2. The van der Waals surface area contributed by atoms with Gasteiger partial charge in [-0.25, -0.2) is 0 Å². The van der Waals surface area contributed by atoms with Crippen molar-refractivity contribution in [2.24, 2.45) is 0 Å². The summed E-state index contributed by atoms with van der Waals surface area (Å²) in [7, 11) is 0. The van der Waals surface area contributed by atoms with E-state index in [9.17, 15) is 4.79 Å². The fraction of sp³-hybridized carbons (Fsp3) is 0.182. The van der Waals surface area contributed by atoms with E-state index in [-0.39, 0.29) is 11.5 Å². The van der Waals surface area contributed by atoms with E-state index in [4.69, 9.17) is 0 Å². The molecule has 0 N–H and O–H groups in total. The summed E-state index contributed by atoms with van der Waals surface area (Å²) < 4.78 is 1.76. The van der Waals surface area contributed by atoms with Gasteiger partial charge in [0, 0.05) is 24.7 Å². The Bertz CT molecular complexity index is 571. The van der Waals surface area contributed by atoms with Crippen LogP contribution in [0.2, 0.25) is 0 Å². The van der Waals surface area contributed by atoms with E-state index in [0.29, 0.717) is 6.54 Å². The molecule has 0 fully saturated rings. The van der Waals surface area contributed by atoms with Gasteiger partial charge >= 0.3 is 0 Å². The van der Waals surface area contributed by atoms with Crippen molar-refractivity contribution in [1.29, 1.82) is 0 Å². The van der Waals surface area contributed by atoms with Gasteiger partial charge in [-0.15, -0.1) is 0 Å². The lowest BCUT2D eigenvalue weighted by Gasteiger charge is -2.00. The second kappa shape index (κ2) is 2.44. The van der Waals surface area contributed by atoms with Gasteiger partial charge in [0.1, 0.15) is 0 Å². The quantitative estimate of drug-likeness (QED) is 0.620. The van der Waals surface area contributed by atoms with Crippen LogP contribution in [-0.4, -0.2) is 9.55 Å². The van der Waals surface area contributed by atoms with E-state index in [1.165, 1.54) is 0 Å². The molecule has 2 aromatic heterocycles. The van der Waals surface area contributed by atoms with Crippen LogP contribution in [0.1, 0.15) is 11.5 Å². The van der Waals surface area contributed by atoms with Gasteiger partial charge in [-0.2, -0.15) is 0 Å². The number of hydrogen-bond acceptors (Lipinski definition) is 2. The molecule has 3 nitrogen and oxygen atoms in total. The molecule has 1 atom stereocenters. The van der Waals surface area contributed by atoms with Crippen molar-refractivity contribution in [2.75, 3.05) is 0 Å². The smallest absolute Gasteiger partial charge is 0.251 e. The third-order valence-corrected chi connectivity index (χ3v) is 2.75. The average molecular weight is 185 g/mol. The summed E-state index contributed by atoms with van der Waals surface area (Å²) in [5.74, 6) is 0.176. The summed E-state index contributed by atoms with van der Waals surface area (Å²) in [6.07, 6.45) is 1.77. The van der Waals surface area contributed by atoms with Crippen LogP contribution < -0.4 is 5.56 Å². The summed E-state index contributed by atoms with van der Waals surface area (Å²) in [6, 6.07) is 5.29. The van der Waals surface area contributed by atoms with Crippen molar-refractivity contribution in [3.8, 4) is 0 Å². The zero-order chi connectivity index (χ0) is 9.71. The van der Waals surface area contributed by atoms with Gasteiger partial charge in [-0.05, 0) is 24.6 Å². The molecular weight excluding hydrogens is 176 g/mol. The van der Waals surface area contributed by atoms with Crippen molar-refractivity contribution >= 4 is 11.0 Å². The zero-order valence-corrected chi connectivity index (χ0v) is 7.60. The molecule has 0 unspecified atom stereocenters. The normalized spacial score (nSPS) is 19.1. The van der Waals surface area contributed by atoms with Crippen LogP contribution in [0.4, 0.5) is 0 Å². The maximum atomic E-state index is 11.6. The van der Waals surface area contributed by atoms with Crippen molar-refractivity contribution in [3.63, 3.8) is 0 Å². The summed E-state index contributed by atoms with van der Waals surface area (Å²) in [4.78, 5) is 15.8. The highest BCUT2D eigenvalue weighted by Crippen LogP contribution is 2.30. The second-order valence-electron chi connectivity index (χ2n) is 3.61. The van der Waals surface area contributed by atoms with Gasteiger partial charge in [0.15, 0.2) is 0 Å². The van der Waals surface area contributed by atoms with Crippen LogP contribution in [0.25, 0.3) is 11.0 Å². The van der Waals surface area contributed by atoms with Gasteiger partial charge in [0.2, 0.25) is 0 Å². The number of hydrogen-bond donors (Lipinski definition) is 0. The Morgan fingerprint density at radius 3 is 3.14 bits per heavy atom. The maximum Gasteiger partial charge on any atom is 0.251 e. The fourth-order valence-corrected chi connectivity index (χ4v) is 2.08. The minimum Gasteiger partial charge on any atom is -0.306 e. The summed E-state index contributed by atoms with van der Waals surface area (Å²) >= 11 is 0. The van der Waals surface area contributed by atoms with Crippen molar-refractivity contribution in [1.82, 2.24) is 9.55 Å². The highest BCUT2D eigenvalue weighted by atomic mass is 16.1. The number of nitrogens with zero attached hydrogens (tertiary/aromatic N) is 2. The van der Waals surface area contributed by atoms with E-state index >= 15 is 0 Å². The first-order chi connectivity index (χ1) is 6.77. The third-order valence-electron chi connectivity index (χ3n) is 2.75. The minimum atomic E-state index is 0.0397. The van der Waals surface area contributed by atoms with Crippen LogP contribution >= 0.6 is 0 Å². The van der Waals surface area contributed by atoms with Crippen molar-refractivity contribution < 1.29 is 0 Å². The number of aromatic nitrogens is 2. The van der Waals surface area contributed by atoms with Crippen molar-refractivity contribution in [2.45, 2.75) is 12.5 Å². The van der Waals surface area contributed by atoms with Crippen molar-refractivity contribution in [3.05, 3.63) is 47.2 Å². The largest absolute Gasteiger partial charge is 0.306 e. The second-order valence-corrected chi connectivity index (χ2v) is 3.61. The SMILES string of the molecule is [CH2][C@@H]1Cn2c(=O)ccc3nccc1c32. The Balaban J connectivity index is 2.58. The predicted octanol–water partition coefficient (Wildman–Crippen LogP) is 1.33. The van der Waals surface area contributed by atoms with Gasteiger partial charge in [0.05, 0.1) is 11.0 Å². The first kappa shape index (κ1) is 7.74. The molecule has 0 saturated carbocycles. The summed E-state index contributed by atoms with van der Waals surface area (Å²) in [6.45, 7) is 4.71. The van der Waals surface area contributed by atoms with Gasteiger partial charge in [-0.1, -0.05) is 0 Å². The Labute approximate surface area is 81.0 Å². The highest BCUT2D eigenvalue weighted by Gasteiger charge is 2.21. The predicted molar refractivity (Wildman–Crippen MR) is 54.1 cm³/mol. The number of rotatable bonds is 0. The first-order valence-corrected chi connectivity index (χ1v) is 4.59. The molecule has 3 heteroatoms. The van der Waals surface area contributed by atoms with Gasteiger partial charge in [-0.3, -0.25) is 9.78 Å². The van der Waals surface area contributed by atoms with Crippen LogP contribution in [0.3, 0.4) is 0 Å². The third kappa shape index (κ3) is 0.816. The Morgan fingerprint density at radius 1 is 1.43 bits per heavy atom. The molecular formula is C11H9N2O. The molecule has 0 amide bonds. The average Bonchev–Trinajstić information content (AvgIpc) is 2.53. The van der Waals surface area contributed by atoms with E-state index in [2.05, 4.69) is 11.9 Å². The topological polar surface area (TPSA) is 34.9 Å². The van der Waals surface area contributed by atoms with Gasteiger partial charge in [0.25, 0.3) is 5.56 Å². The molecule has 1 radical (unpaired) electrons. The van der Waals surface area contributed by atoms with E-state index in [1.54, 1.807) is 22.9 Å². The Hall–Kier alpha value is -1.64. The van der Waals surface area contributed by atoms with Crippen LogP contribution in [0, 0.1) is 6.92 Å². The lowest BCUT2D eigenvalue weighted by atomic mass is 10.0.